The summed E-state index contributed by atoms with van der Waals surface area (Å²) >= 11 is 0. The number of carbonyl (C=O) groups is 1. The van der Waals surface area contributed by atoms with Gasteiger partial charge in [0.25, 0.3) is 0 Å². The number of carboxylic acid groups (broad SMARTS) is 1. The minimum Gasteiger partial charge on any atom is -0.481 e. The number of aliphatic carboxylic acids is 1. The van der Waals surface area contributed by atoms with Gasteiger partial charge in [-0.15, -0.1) is 0 Å². The molecule has 0 aromatic rings. The van der Waals surface area contributed by atoms with Crippen LogP contribution in [0.5, 0.6) is 0 Å². The van der Waals surface area contributed by atoms with Crippen LogP contribution in [0.4, 0.5) is 0 Å². The van der Waals surface area contributed by atoms with E-state index in [1.807, 2.05) is 6.08 Å². The van der Waals surface area contributed by atoms with Crippen molar-refractivity contribution in [3.05, 3.63) is 12.2 Å². The number of carboxylic acids is 1. The summed E-state index contributed by atoms with van der Waals surface area (Å²) < 4.78 is 0. The van der Waals surface area contributed by atoms with Crippen LogP contribution in [0.1, 0.15) is 39.0 Å². The van der Waals surface area contributed by atoms with Gasteiger partial charge in [0.1, 0.15) is 0 Å². The van der Waals surface area contributed by atoms with Gasteiger partial charge in [0.05, 0.1) is 5.41 Å². The van der Waals surface area contributed by atoms with Gasteiger partial charge in [0.15, 0.2) is 0 Å². The molecule has 0 aromatic carbocycles. The van der Waals surface area contributed by atoms with Crippen LogP contribution >= 0.6 is 0 Å². The maximum absolute atomic E-state index is 10.9. The van der Waals surface area contributed by atoms with Crippen LogP contribution < -0.4 is 0 Å². The van der Waals surface area contributed by atoms with Gasteiger partial charge in [-0.1, -0.05) is 25.5 Å². The zero-order chi connectivity index (χ0) is 10.2. The lowest BCUT2D eigenvalue weighted by Crippen LogP contribution is -2.11. The standard InChI is InChI=1S/C12H18O2/c1-9-2-3-10(8-9)4-5-12(6-7-12)11(13)14/h4-5,9-10H,2-3,6-8H2,1H3,(H,13,14)/b5-4+. The molecule has 2 aliphatic rings. The summed E-state index contributed by atoms with van der Waals surface area (Å²) in [5.41, 5.74) is -0.466. The Morgan fingerprint density at radius 1 is 1.43 bits per heavy atom. The third-order valence-electron chi connectivity index (χ3n) is 3.64. The molecule has 2 fully saturated rings. The fourth-order valence-electron chi connectivity index (χ4n) is 2.33. The van der Waals surface area contributed by atoms with Crippen LogP contribution in [0.15, 0.2) is 12.2 Å². The van der Waals surface area contributed by atoms with Gasteiger partial charge < -0.3 is 5.11 Å². The molecular weight excluding hydrogens is 176 g/mol. The van der Waals surface area contributed by atoms with Gasteiger partial charge in [0, 0.05) is 0 Å². The molecular formula is C12H18O2. The minimum atomic E-state index is -0.639. The first kappa shape index (κ1) is 9.75. The molecule has 78 valence electrons. The van der Waals surface area contributed by atoms with Gasteiger partial charge >= 0.3 is 5.97 Å². The second-order valence-electron chi connectivity index (χ2n) is 5.00. The fraction of sp³-hybridized carbons (Fsp3) is 0.750. The smallest absolute Gasteiger partial charge is 0.313 e. The van der Waals surface area contributed by atoms with Crippen molar-refractivity contribution in [1.29, 1.82) is 0 Å². The Bertz CT molecular complexity index is 263. The number of hydrogen-bond donors (Lipinski definition) is 1. The van der Waals surface area contributed by atoms with Crippen LogP contribution in [0.2, 0.25) is 0 Å². The van der Waals surface area contributed by atoms with E-state index >= 15 is 0 Å². The summed E-state index contributed by atoms with van der Waals surface area (Å²) in [6.45, 7) is 2.28. The molecule has 2 nitrogen and oxygen atoms in total. The average molecular weight is 194 g/mol. The number of rotatable bonds is 3. The molecule has 0 aliphatic heterocycles. The van der Waals surface area contributed by atoms with E-state index in [2.05, 4.69) is 13.0 Å². The lowest BCUT2D eigenvalue weighted by molar-refractivity contribution is -0.141. The number of hydrogen-bond acceptors (Lipinski definition) is 1. The highest BCUT2D eigenvalue weighted by Crippen LogP contribution is 2.48. The molecule has 0 heterocycles. The average Bonchev–Trinajstić information content (AvgIpc) is 2.82. The zero-order valence-electron chi connectivity index (χ0n) is 8.70. The molecule has 0 amide bonds. The van der Waals surface area contributed by atoms with Crippen molar-refractivity contribution in [1.82, 2.24) is 0 Å². The highest BCUT2D eigenvalue weighted by atomic mass is 16.4. The molecule has 2 heteroatoms. The van der Waals surface area contributed by atoms with Crippen molar-refractivity contribution in [2.75, 3.05) is 0 Å². The van der Waals surface area contributed by atoms with E-state index in [-0.39, 0.29) is 0 Å². The Morgan fingerprint density at radius 2 is 2.14 bits per heavy atom. The Morgan fingerprint density at radius 3 is 2.57 bits per heavy atom. The van der Waals surface area contributed by atoms with Crippen molar-refractivity contribution in [2.24, 2.45) is 17.3 Å². The third-order valence-corrected chi connectivity index (χ3v) is 3.64. The van der Waals surface area contributed by atoms with Crippen LogP contribution in [-0.4, -0.2) is 11.1 Å². The van der Waals surface area contributed by atoms with Crippen molar-refractivity contribution in [3.8, 4) is 0 Å². The van der Waals surface area contributed by atoms with E-state index in [9.17, 15) is 4.79 Å². The molecule has 1 N–H and O–H groups in total. The van der Waals surface area contributed by atoms with Gasteiger partial charge in [0.2, 0.25) is 0 Å². The molecule has 2 unspecified atom stereocenters. The molecule has 2 atom stereocenters. The summed E-state index contributed by atoms with van der Waals surface area (Å²) in [6.07, 6.45) is 9.57. The molecule has 0 bridgehead atoms. The predicted molar refractivity (Wildman–Crippen MR) is 54.9 cm³/mol. The van der Waals surface area contributed by atoms with E-state index in [4.69, 9.17) is 5.11 Å². The van der Waals surface area contributed by atoms with Gasteiger partial charge in [-0.3, -0.25) is 4.79 Å². The second-order valence-corrected chi connectivity index (χ2v) is 5.00. The van der Waals surface area contributed by atoms with Crippen LogP contribution in [0.25, 0.3) is 0 Å². The first-order chi connectivity index (χ1) is 6.62. The normalized spacial score (nSPS) is 34.9. The minimum absolute atomic E-state index is 0.466. The Labute approximate surface area is 85.0 Å². The Kier molecular flexibility index (Phi) is 2.38. The van der Waals surface area contributed by atoms with Crippen molar-refractivity contribution < 1.29 is 9.90 Å². The molecule has 0 saturated heterocycles. The van der Waals surface area contributed by atoms with Crippen molar-refractivity contribution in [3.63, 3.8) is 0 Å². The van der Waals surface area contributed by atoms with E-state index in [0.717, 1.165) is 18.8 Å². The zero-order valence-corrected chi connectivity index (χ0v) is 8.70. The van der Waals surface area contributed by atoms with Crippen molar-refractivity contribution in [2.45, 2.75) is 39.0 Å². The van der Waals surface area contributed by atoms with E-state index in [1.54, 1.807) is 0 Å². The third kappa shape index (κ3) is 1.84. The topological polar surface area (TPSA) is 37.3 Å². The molecule has 0 aromatic heterocycles. The molecule has 14 heavy (non-hydrogen) atoms. The van der Waals surface area contributed by atoms with E-state index < -0.39 is 11.4 Å². The highest BCUT2D eigenvalue weighted by molar-refractivity contribution is 5.80. The van der Waals surface area contributed by atoms with Crippen LogP contribution in [-0.2, 0) is 4.79 Å². The Hall–Kier alpha value is -0.790. The largest absolute Gasteiger partial charge is 0.481 e. The highest BCUT2D eigenvalue weighted by Gasteiger charge is 2.47. The number of allylic oxidation sites excluding steroid dienone is 1. The first-order valence-electron chi connectivity index (χ1n) is 5.55. The van der Waals surface area contributed by atoms with E-state index in [1.165, 1.54) is 19.3 Å². The van der Waals surface area contributed by atoms with Gasteiger partial charge in [-0.05, 0) is 37.5 Å². The SMILES string of the molecule is CC1CCC(/C=C/C2(C(=O)O)CC2)C1. The predicted octanol–water partition coefficient (Wildman–Crippen LogP) is 2.84. The maximum atomic E-state index is 10.9. The molecule has 2 saturated carbocycles. The molecule has 2 rings (SSSR count). The van der Waals surface area contributed by atoms with Crippen LogP contribution in [0.3, 0.4) is 0 Å². The Balaban J connectivity index is 1.91. The molecule has 0 radical (unpaired) electrons. The maximum Gasteiger partial charge on any atom is 0.313 e. The van der Waals surface area contributed by atoms with Crippen molar-refractivity contribution >= 4 is 5.97 Å². The first-order valence-corrected chi connectivity index (χ1v) is 5.55. The van der Waals surface area contributed by atoms with E-state index in [0.29, 0.717) is 5.92 Å². The lowest BCUT2D eigenvalue weighted by Gasteiger charge is -2.05. The fourth-order valence-corrected chi connectivity index (χ4v) is 2.33. The monoisotopic (exact) mass is 194 g/mol. The lowest BCUT2D eigenvalue weighted by atomic mass is 10.0. The summed E-state index contributed by atoms with van der Waals surface area (Å²) in [7, 11) is 0. The molecule has 2 aliphatic carbocycles. The summed E-state index contributed by atoms with van der Waals surface area (Å²) in [4.78, 5) is 10.9. The quantitative estimate of drug-likeness (QED) is 0.701. The van der Waals surface area contributed by atoms with Gasteiger partial charge in [-0.25, -0.2) is 0 Å². The van der Waals surface area contributed by atoms with Gasteiger partial charge in [-0.2, -0.15) is 0 Å². The summed E-state index contributed by atoms with van der Waals surface area (Å²) in [6, 6.07) is 0. The second kappa shape index (κ2) is 3.41. The summed E-state index contributed by atoms with van der Waals surface area (Å²) in [5.74, 6) is 0.825. The summed E-state index contributed by atoms with van der Waals surface area (Å²) in [5, 5.41) is 8.98. The molecule has 0 spiro atoms. The van der Waals surface area contributed by atoms with Crippen LogP contribution in [0, 0.1) is 17.3 Å².